The van der Waals surface area contributed by atoms with Crippen molar-refractivity contribution in [3.63, 3.8) is 0 Å². The van der Waals surface area contributed by atoms with Crippen LogP contribution in [0.3, 0.4) is 0 Å². The van der Waals surface area contributed by atoms with Gasteiger partial charge in [0.05, 0.1) is 0 Å². The van der Waals surface area contributed by atoms with E-state index in [1.807, 2.05) is 11.9 Å². The van der Waals surface area contributed by atoms with Crippen molar-refractivity contribution in [3.05, 3.63) is 0 Å². The highest BCUT2D eigenvalue weighted by atomic mass is 16.2. The van der Waals surface area contributed by atoms with Gasteiger partial charge in [-0.25, -0.2) is 4.79 Å². The van der Waals surface area contributed by atoms with Crippen LogP contribution in [0.1, 0.15) is 38.5 Å². The van der Waals surface area contributed by atoms with Crippen molar-refractivity contribution < 1.29 is 4.79 Å². The Hall–Kier alpha value is -0.770. The Bertz CT molecular complexity index is 263. The van der Waals surface area contributed by atoms with Crippen molar-refractivity contribution in [1.29, 1.82) is 0 Å². The van der Waals surface area contributed by atoms with E-state index in [2.05, 4.69) is 17.3 Å². The Morgan fingerprint density at radius 1 is 1.29 bits per heavy atom. The third-order valence-corrected chi connectivity index (χ3v) is 4.19. The number of nitrogens with one attached hydrogen (secondary N) is 1. The summed E-state index contributed by atoms with van der Waals surface area (Å²) in [5.74, 6) is 0. The van der Waals surface area contributed by atoms with Crippen LogP contribution in [0, 0.1) is 0 Å². The fourth-order valence-electron chi connectivity index (χ4n) is 2.96. The van der Waals surface area contributed by atoms with Gasteiger partial charge in [-0.3, -0.25) is 0 Å². The number of urea groups is 1. The van der Waals surface area contributed by atoms with Crippen molar-refractivity contribution in [2.75, 3.05) is 27.2 Å². The summed E-state index contributed by atoms with van der Waals surface area (Å²) in [4.78, 5) is 16.2. The minimum Gasteiger partial charge on any atom is -0.335 e. The highest BCUT2D eigenvalue weighted by Crippen LogP contribution is 2.18. The molecule has 4 nitrogen and oxygen atoms in total. The maximum Gasteiger partial charge on any atom is 0.317 e. The molecule has 1 unspecified atom stereocenters. The van der Waals surface area contributed by atoms with Crippen molar-refractivity contribution >= 4 is 6.03 Å². The molecule has 1 aliphatic heterocycles. The number of carbonyl (C=O) groups is 1. The second-order valence-corrected chi connectivity index (χ2v) is 5.59. The average Bonchev–Trinajstić information content (AvgIpc) is 2.91. The summed E-state index contributed by atoms with van der Waals surface area (Å²) in [6, 6.07) is 1.08. The smallest absolute Gasteiger partial charge is 0.317 e. The van der Waals surface area contributed by atoms with E-state index in [1.165, 1.54) is 32.2 Å². The largest absolute Gasteiger partial charge is 0.335 e. The SMILES string of the molecule is CN(CC1CCCN1C)C(=O)NC1CCCC1. The zero-order valence-electron chi connectivity index (χ0n) is 11.1. The van der Waals surface area contributed by atoms with Gasteiger partial charge in [0.15, 0.2) is 0 Å². The second-order valence-electron chi connectivity index (χ2n) is 5.59. The lowest BCUT2D eigenvalue weighted by molar-refractivity contribution is 0.186. The molecule has 1 N–H and O–H groups in total. The van der Waals surface area contributed by atoms with E-state index in [9.17, 15) is 4.79 Å². The molecule has 2 amide bonds. The minimum absolute atomic E-state index is 0.109. The molecule has 0 aromatic heterocycles. The van der Waals surface area contributed by atoms with Crippen molar-refractivity contribution in [1.82, 2.24) is 15.1 Å². The van der Waals surface area contributed by atoms with Crippen molar-refractivity contribution in [2.45, 2.75) is 50.6 Å². The van der Waals surface area contributed by atoms with Crippen molar-refractivity contribution in [2.24, 2.45) is 0 Å². The molecule has 1 saturated carbocycles. The van der Waals surface area contributed by atoms with Gasteiger partial charge in [-0.15, -0.1) is 0 Å². The summed E-state index contributed by atoms with van der Waals surface area (Å²) >= 11 is 0. The number of hydrogen-bond donors (Lipinski definition) is 1. The van der Waals surface area contributed by atoms with Gasteiger partial charge in [0.25, 0.3) is 0 Å². The molecule has 4 heteroatoms. The molecule has 1 saturated heterocycles. The Balaban J connectivity index is 1.74. The quantitative estimate of drug-likeness (QED) is 0.813. The monoisotopic (exact) mass is 239 g/mol. The van der Waals surface area contributed by atoms with E-state index in [4.69, 9.17) is 0 Å². The predicted octanol–water partition coefficient (Wildman–Crippen LogP) is 1.66. The Labute approximate surface area is 104 Å². The summed E-state index contributed by atoms with van der Waals surface area (Å²) in [6.45, 7) is 2.03. The molecule has 2 fully saturated rings. The van der Waals surface area contributed by atoms with Crippen LogP contribution < -0.4 is 5.32 Å². The van der Waals surface area contributed by atoms with Gasteiger partial charge in [0.2, 0.25) is 0 Å². The molecule has 2 rings (SSSR count). The molecular weight excluding hydrogens is 214 g/mol. The lowest BCUT2D eigenvalue weighted by Gasteiger charge is -2.27. The number of amides is 2. The third-order valence-electron chi connectivity index (χ3n) is 4.19. The zero-order chi connectivity index (χ0) is 12.3. The van der Waals surface area contributed by atoms with Crippen LogP contribution in [0.2, 0.25) is 0 Å². The van der Waals surface area contributed by atoms with Crippen LogP contribution in [0.25, 0.3) is 0 Å². The van der Waals surface area contributed by atoms with E-state index in [0.717, 1.165) is 19.4 Å². The van der Waals surface area contributed by atoms with Crippen LogP contribution in [-0.2, 0) is 0 Å². The van der Waals surface area contributed by atoms with E-state index in [0.29, 0.717) is 12.1 Å². The molecule has 0 bridgehead atoms. The number of hydrogen-bond acceptors (Lipinski definition) is 2. The van der Waals surface area contributed by atoms with Gasteiger partial charge in [0, 0.05) is 25.7 Å². The van der Waals surface area contributed by atoms with E-state index < -0.39 is 0 Å². The van der Waals surface area contributed by atoms with E-state index in [-0.39, 0.29) is 6.03 Å². The Kier molecular flexibility index (Phi) is 4.26. The van der Waals surface area contributed by atoms with Crippen LogP contribution in [-0.4, -0.2) is 55.1 Å². The molecule has 2 aliphatic rings. The summed E-state index contributed by atoms with van der Waals surface area (Å²) in [5, 5.41) is 3.14. The molecule has 0 aromatic rings. The maximum absolute atomic E-state index is 12.0. The van der Waals surface area contributed by atoms with Crippen LogP contribution in [0.5, 0.6) is 0 Å². The van der Waals surface area contributed by atoms with Gasteiger partial charge in [-0.1, -0.05) is 12.8 Å². The molecule has 1 heterocycles. The average molecular weight is 239 g/mol. The highest BCUT2D eigenvalue weighted by molar-refractivity contribution is 5.74. The first kappa shape index (κ1) is 12.7. The summed E-state index contributed by atoms with van der Waals surface area (Å²) in [6.07, 6.45) is 7.32. The molecule has 1 atom stereocenters. The zero-order valence-corrected chi connectivity index (χ0v) is 11.1. The summed E-state index contributed by atoms with van der Waals surface area (Å²) in [7, 11) is 4.07. The molecule has 0 spiro atoms. The number of likely N-dealkylation sites (tertiary alicyclic amines) is 1. The minimum atomic E-state index is 0.109. The summed E-state index contributed by atoms with van der Waals surface area (Å²) in [5.41, 5.74) is 0. The molecular formula is C13H25N3O. The van der Waals surface area contributed by atoms with E-state index >= 15 is 0 Å². The van der Waals surface area contributed by atoms with Crippen LogP contribution in [0.4, 0.5) is 4.79 Å². The number of nitrogens with zero attached hydrogens (tertiary/aromatic N) is 2. The van der Waals surface area contributed by atoms with Crippen molar-refractivity contribution in [3.8, 4) is 0 Å². The fraction of sp³-hybridized carbons (Fsp3) is 0.923. The third kappa shape index (κ3) is 3.35. The first-order valence-corrected chi connectivity index (χ1v) is 6.88. The number of rotatable bonds is 3. The molecule has 1 aliphatic carbocycles. The van der Waals surface area contributed by atoms with Gasteiger partial charge in [-0.2, -0.15) is 0 Å². The maximum atomic E-state index is 12.0. The topological polar surface area (TPSA) is 35.6 Å². The normalized spacial score (nSPS) is 26.4. The molecule has 0 radical (unpaired) electrons. The highest BCUT2D eigenvalue weighted by Gasteiger charge is 2.25. The van der Waals surface area contributed by atoms with Crippen LogP contribution in [0.15, 0.2) is 0 Å². The lowest BCUT2D eigenvalue weighted by atomic mass is 10.2. The second kappa shape index (κ2) is 5.71. The van der Waals surface area contributed by atoms with Gasteiger partial charge in [-0.05, 0) is 39.3 Å². The van der Waals surface area contributed by atoms with Crippen LogP contribution >= 0.6 is 0 Å². The first-order chi connectivity index (χ1) is 8.16. The Morgan fingerprint density at radius 3 is 2.59 bits per heavy atom. The predicted molar refractivity (Wildman–Crippen MR) is 69.1 cm³/mol. The summed E-state index contributed by atoms with van der Waals surface area (Å²) < 4.78 is 0. The van der Waals surface area contributed by atoms with Gasteiger partial charge < -0.3 is 15.1 Å². The van der Waals surface area contributed by atoms with Gasteiger partial charge in [0.1, 0.15) is 0 Å². The van der Waals surface area contributed by atoms with Gasteiger partial charge >= 0.3 is 6.03 Å². The number of likely N-dealkylation sites (N-methyl/N-ethyl adjacent to an activating group) is 2. The molecule has 17 heavy (non-hydrogen) atoms. The Morgan fingerprint density at radius 2 is 2.00 bits per heavy atom. The first-order valence-electron chi connectivity index (χ1n) is 6.88. The standard InChI is InChI=1S/C13H25N3O/c1-15-9-5-8-12(15)10-16(2)13(17)14-11-6-3-4-7-11/h11-12H,3-10H2,1-2H3,(H,14,17). The lowest BCUT2D eigenvalue weighted by Crippen LogP contribution is -2.46. The molecule has 98 valence electrons. The molecule has 0 aromatic carbocycles. The fourth-order valence-corrected chi connectivity index (χ4v) is 2.96. The van der Waals surface area contributed by atoms with E-state index in [1.54, 1.807) is 0 Å². The number of carbonyl (C=O) groups excluding carboxylic acids is 1.